The molecule has 2 N–H and O–H groups in total. The molecule has 0 atom stereocenters. The minimum Gasteiger partial charge on any atom is -0.308 e. The van der Waals surface area contributed by atoms with Crippen molar-refractivity contribution < 1.29 is 9.18 Å². The third kappa shape index (κ3) is 3.55. The summed E-state index contributed by atoms with van der Waals surface area (Å²) in [6.45, 7) is 3.87. The van der Waals surface area contributed by atoms with E-state index in [1.54, 1.807) is 12.1 Å². The number of carbonyl (C=O) groups excluding carboxylic acids is 1. The van der Waals surface area contributed by atoms with Crippen LogP contribution in [0.1, 0.15) is 11.1 Å². The summed E-state index contributed by atoms with van der Waals surface area (Å²) in [7, 11) is 0. The lowest BCUT2D eigenvalue weighted by molar-refractivity contribution is 0.262. The number of benzene rings is 2. The number of nitrogens with one attached hydrogen (secondary N) is 2. The van der Waals surface area contributed by atoms with Gasteiger partial charge in [0, 0.05) is 11.4 Å². The molecule has 98 valence electrons. The number of carbonyl (C=O) groups is 1. The van der Waals surface area contributed by atoms with Gasteiger partial charge in [0.05, 0.1) is 0 Å². The number of urea groups is 1. The zero-order chi connectivity index (χ0) is 13.8. The third-order valence-corrected chi connectivity index (χ3v) is 2.72. The van der Waals surface area contributed by atoms with Crippen LogP contribution in [0.15, 0.2) is 42.5 Å². The van der Waals surface area contributed by atoms with Gasteiger partial charge in [0.1, 0.15) is 5.82 Å². The predicted molar refractivity (Wildman–Crippen MR) is 75.0 cm³/mol. The van der Waals surface area contributed by atoms with Crippen molar-refractivity contribution in [1.29, 1.82) is 0 Å². The van der Waals surface area contributed by atoms with Crippen LogP contribution in [-0.4, -0.2) is 6.03 Å². The van der Waals surface area contributed by atoms with Crippen molar-refractivity contribution >= 4 is 17.4 Å². The topological polar surface area (TPSA) is 41.1 Å². The zero-order valence-corrected chi connectivity index (χ0v) is 10.8. The Morgan fingerprint density at radius 1 is 1.05 bits per heavy atom. The Morgan fingerprint density at radius 3 is 2.58 bits per heavy atom. The van der Waals surface area contributed by atoms with Gasteiger partial charge in [-0.05, 0) is 49.2 Å². The molecule has 0 aromatic heterocycles. The Bertz CT molecular complexity index is 611. The van der Waals surface area contributed by atoms with Gasteiger partial charge in [0.2, 0.25) is 0 Å². The summed E-state index contributed by atoms with van der Waals surface area (Å²) in [5, 5.41) is 5.33. The SMILES string of the molecule is Cc1ccc(C)c(NC(=O)Nc2cccc(F)c2)c1. The molecule has 0 saturated heterocycles. The fourth-order valence-electron chi connectivity index (χ4n) is 1.72. The second-order valence-corrected chi connectivity index (χ2v) is 4.41. The average Bonchev–Trinajstić information content (AvgIpc) is 2.34. The predicted octanol–water partition coefficient (Wildman–Crippen LogP) is 4.09. The highest BCUT2D eigenvalue weighted by Crippen LogP contribution is 2.17. The summed E-state index contributed by atoms with van der Waals surface area (Å²) in [6.07, 6.45) is 0. The number of hydrogen-bond acceptors (Lipinski definition) is 1. The number of hydrogen-bond donors (Lipinski definition) is 2. The first-order valence-corrected chi connectivity index (χ1v) is 5.95. The number of amides is 2. The van der Waals surface area contributed by atoms with E-state index in [2.05, 4.69) is 10.6 Å². The van der Waals surface area contributed by atoms with Crippen LogP contribution in [0.2, 0.25) is 0 Å². The molecule has 0 fully saturated rings. The van der Waals surface area contributed by atoms with Crippen LogP contribution >= 0.6 is 0 Å². The zero-order valence-electron chi connectivity index (χ0n) is 10.8. The molecule has 2 aromatic carbocycles. The van der Waals surface area contributed by atoms with E-state index in [4.69, 9.17) is 0 Å². The van der Waals surface area contributed by atoms with Crippen LogP contribution in [0.3, 0.4) is 0 Å². The van der Waals surface area contributed by atoms with E-state index >= 15 is 0 Å². The molecule has 0 aliphatic carbocycles. The van der Waals surface area contributed by atoms with Crippen LogP contribution in [0.25, 0.3) is 0 Å². The summed E-state index contributed by atoms with van der Waals surface area (Å²) in [4.78, 5) is 11.8. The standard InChI is InChI=1S/C15H15FN2O/c1-10-6-7-11(2)14(8-10)18-15(19)17-13-5-3-4-12(16)9-13/h3-9H,1-2H3,(H2,17,18,19). The molecule has 0 aliphatic heterocycles. The van der Waals surface area contributed by atoms with Crippen LogP contribution in [0.4, 0.5) is 20.6 Å². The second-order valence-electron chi connectivity index (χ2n) is 4.41. The first-order chi connectivity index (χ1) is 9.04. The third-order valence-electron chi connectivity index (χ3n) is 2.72. The molecule has 2 amide bonds. The van der Waals surface area contributed by atoms with Gasteiger partial charge in [-0.3, -0.25) is 0 Å². The molecule has 0 bridgehead atoms. The molecule has 0 heterocycles. The highest BCUT2D eigenvalue weighted by molar-refractivity contribution is 6.00. The van der Waals surface area contributed by atoms with Crippen molar-refractivity contribution in [3.05, 3.63) is 59.4 Å². The molecule has 4 heteroatoms. The van der Waals surface area contributed by atoms with E-state index in [9.17, 15) is 9.18 Å². The quantitative estimate of drug-likeness (QED) is 0.837. The minimum atomic E-state index is -0.390. The minimum absolute atomic E-state index is 0.385. The summed E-state index contributed by atoms with van der Waals surface area (Å²) in [5.74, 6) is -0.385. The summed E-state index contributed by atoms with van der Waals surface area (Å²) >= 11 is 0. The van der Waals surface area contributed by atoms with Crippen molar-refractivity contribution in [2.24, 2.45) is 0 Å². The normalized spacial score (nSPS) is 10.1. The first kappa shape index (κ1) is 13.1. The Morgan fingerprint density at radius 2 is 1.84 bits per heavy atom. The molecule has 19 heavy (non-hydrogen) atoms. The van der Waals surface area contributed by atoms with Crippen molar-refractivity contribution in [2.75, 3.05) is 10.6 Å². The van der Waals surface area contributed by atoms with Crippen molar-refractivity contribution in [1.82, 2.24) is 0 Å². The van der Waals surface area contributed by atoms with E-state index in [-0.39, 0.29) is 11.8 Å². The number of rotatable bonds is 2. The fraction of sp³-hybridized carbons (Fsp3) is 0.133. The van der Waals surface area contributed by atoms with Crippen molar-refractivity contribution in [3.63, 3.8) is 0 Å². The van der Waals surface area contributed by atoms with Gasteiger partial charge in [-0.1, -0.05) is 18.2 Å². The Balaban J connectivity index is 2.07. The maximum absolute atomic E-state index is 13.0. The molecule has 0 unspecified atom stereocenters. The monoisotopic (exact) mass is 258 g/mol. The highest BCUT2D eigenvalue weighted by atomic mass is 19.1. The lowest BCUT2D eigenvalue weighted by Crippen LogP contribution is -2.20. The van der Waals surface area contributed by atoms with Crippen LogP contribution in [-0.2, 0) is 0 Å². The number of halogens is 1. The molecule has 0 radical (unpaired) electrons. The van der Waals surface area contributed by atoms with Gasteiger partial charge >= 0.3 is 6.03 Å². The molecule has 0 aliphatic rings. The Labute approximate surface area is 111 Å². The summed E-state index contributed by atoms with van der Waals surface area (Å²) < 4.78 is 13.0. The average molecular weight is 258 g/mol. The number of anilines is 2. The van der Waals surface area contributed by atoms with Gasteiger partial charge in [0.15, 0.2) is 0 Å². The van der Waals surface area contributed by atoms with Gasteiger partial charge < -0.3 is 10.6 Å². The maximum atomic E-state index is 13.0. The van der Waals surface area contributed by atoms with Gasteiger partial charge in [-0.25, -0.2) is 9.18 Å². The van der Waals surface area contributed by atoms with Crippen LogP contribution in [0.5, 0.6) is 0 Å². The van der Waals surface area contributed by atoms with E-state index in [1.165, 1.54) is 12.1 Å². The van der Waals surface area contributed by atoms with E-state index in [0.717, 1.165) is 16.8 Å². The largest absolute Gasteiger partial charge is 0.323 e. The molecule has 0 spiro atoms. The van der Waals surface area contributed by atoms with Crippen LogP contribution in [0, 0.1) is 19.7 Å². The second kappa shape index (κ2) is 5.52. The maximum Gasteiger partial charge on any atom is 0.323 e. The molecule has 2 rings (SSSR count). The van der Waals surface area contributed by atoms with Gasteiger partial charge in [-0.2, -0.15) is 0 Å². The molecule has 3 nitrogen and oxygen atoms in total. The van der Waals surface area contributed by atoms with Gasteiger partial charge in [-0.15, -0.1) is 0 Å². The summed E-state index contributed by atoms with van der Waals surface area (Å²) in [6, 6.07) is 11.2. The fourth-order valence-corrected chi connectivity index (χ4v) is 1.72. The smallest absolute Gasteiger partial charge is 0.308 e. The molecular formula is C15H15FN2O. The molecule has 2 aromatic rings. The Hall–Kier alpha value is -2.36. The lowest BCUT2D eigenvalue weighted by Gasteiger charge is -2.10. The van der Waals surface area contributed by atoms with Gasteiger partial charge in [0.25, 0.3) is 0 Å². The van der Waals surface area contributed by atoms with E-state index in [0.29, 0.717) is 5.69 Å². The molecule has 0 saturated carbocycles. The van der Waals surface area contributed by atoms with E-state index in [1.807, 2.05) is 32.0 Å². The summed E-state index contributed by atoms with van der Waals surface area (Å²) in [5.41, 5.74) is 3.20. The van der Waals surface area contributed by atoms with Crippen LogP contribution < -0.4 is 10.6 Å². The Kier molecular flexibility index (Phi) is 3.80. The highest BCUT2D eigenvalue weighted by Gasteiger charge is 2.05. The van der Waals surface area contributed by atoms with E-state index < -0.39 is 0 Å². The number of aryl methyl sites for hydroxylation is 2. The van der Waals surface area contributed by atoms with Crippen molar-refractivity contribution in [2.45, 2.75) is 13.8 Å². The first-order valence-electron chi connectivity index (χ1n) is 5.95. The molecular weight excluding hydrogens is 243 g/mol. The lowest BCUT2D eigenvalue weighted by atomic mass is 10.1. The van der Waals surface area contributed by atoms with Crippen molar-refractivity contribution in [3.8, 4) is 0 Å².